The second-order valence-electron chi connectivity index (χ2n) is 10.5. The number of aliphatic hydroxyl groups excluding tert-OH is 1. The molecule has 0 radical (unpaired) electrons. The van der Waals surface area contributed by atoms with Crippen molar-refractivity contribution in [3.63, 3.8) is 0 Å². The molecule has 26 heavy (non-hydrogen) atoms. The molecule has 0 aliphatic heterocycles. The van der Waals surface area contributed by atoms with E-state index in [0.29, 0.717) is 30.5 Å². The van der Waals surface area contributed by atoms with Crippen LogP contribution in [-0.2, 0) is 4.74 Å². The first kappa shape index (κ1) is 19.2. The molecule has 4 saturated carbocycles. The average Bonchev–Trinajstić information content (AvgIpc) is 2.97. The maximum absolute atomic E-state index is 11.0. The van der Waals surface area contributed by atoms with Crippen LogP contribution in [0.4, 0.5) is 0 Å². The van der Waals surface area contributed by atoms with Crippen molar-refractivity contribution in [1.29, 1.82) is 0 Å². The zero-order valence-corrected chi connectivity index (χ0v) is 17.1. The largest absolute Gasteiger partial charge is 0.393 e. The van der Waals surface area contributed by atoms with Gasteiger partial charge in [0.2, 0.25) is 0 Å². The Bertz CT molecular complexity index is 506. The van der Waals surface area contributed by atoms with Gasteiger partial charge in [-0.1, -0.05) is 6.92 Å². The quantitative estimate of drug-likeness (QED) is 0.777. The summed E-state index contributed by atoms with van der Waals surface area (Å²) in [6, 6.07) is 0. The van der Waals surface area contributed by atoms with Crippen LogP contribution in [0.25, 0.3) is 0 Å². The van der Waals surface area contributed by atoms with E-state index >= 15 is 0 Å². The van der Waals surface area contributed by atoms with Crippen LogP contribution in [0.5, 0.6) is 0 Å². The molecule has 150 valence electrons. The SMILES string of the molecule is CCOC[C@@]1(O)CC[C@H]2[C@H](CC[C@H]3C4CCC(C(C)O)[C@@]4(C)CC[C@H]23)C1. The fourth-order valence-electron chi connectivity index (χ4n) is 8.22. The molecular weight excluding hydrogens is 324 g/mol. The molecule has 0 spiro atoms. The predicted molar refractivity (Wildman–Crippen MR) is 104 cm³/mol. The number of ether oxygens (including phenoxy) is 1. The van der Waals surface area contributed by atoms with Crippen molar-refractivity contribution in [1.82, 2.24) is 0 Å². The topological polar surface area (TPSA) is 49.7 Å². The van der Waals surface area contributed by atoms with Crippen LogP contribution in [-0.4, -0.2) is 35.1 Å². The highest BCUT2D eigenvalue weighted by Crippen LogP contribution is 2.65. The average molecular weight is 365 g/mol. The lowest BCUT2D eigenvalue weighted by Gasteiger charge is -2.57. The Labute approximate surface area is 159 Å². The third kappa shape index (κ3) is 3.06. The lowest BCUT2D eigenvalue weighted by Crippen LogP contribution is -2.52. The molecule has 4 aliphatic carbocycles. The summed E-state index contributed by atoms with van der Waals surface area (Å²) < 4.78 is 5.59. The first-order valence-electron chi connectivity index (χ1n) is 11.4. The minimum absolute atomic E-state index is 0.152. The summed E-state index contributed by atoms with van der Waals surface area (Å²) in [7, 11) is 0. The molecule has 3 unspecified atom stereocenters. The van der Waals surface area contributed by atoms with Crippen LogP contribution in [0, 0.1) is 40.9 Å². The summed E-state index contributed by atoms with van der Waals surface area (Å²) >= 11 is 0. The second kappa shape index (κ2) is 7.04. The van der Waals surface area contributed by atoms with Crippen LogP contribution in [0.3, 0.4) is 0 Å². The first-order valence-corrected chi connectivity index (χ1v) is 11.4. The number of hydrogen-bond donors (Lipinski definition) is 2. The van der Waals surface area contributed by atoms with E-state index < -0.39 is 5.60 Å². The van der Waals surface area contributed by atoms with Gasteiger partial charge in [-0.15, -0.1) is 0 Å². The number of fused-ring (bicyclic) bond motifs is 5. The number of aliphatic hydroxyl groups is 2. The normalized spacial score (nSPS) is 52.0. The lowest BCUT2D eigenvalue weighted by atomic mass is 9.49. The molecule has 4 rings (SSSR count). The molecule has 0 aromatic heterocycles. The van der Waals surface area contributed by atoms with Gasteiger partial charge in [-0.2, -0.15) is 0 Å². The minimum Gasteiger partial charge on any atom is -0.393 e. The van der Waals surface area contributed by atoms with Gasteiger partial charge in [-0.05, 0) is 113 Å². The van der Waals surface area contributed by atoms with Gasteiger partial charge in [-0.25, -0.2) is 0 Å². The summed E-state index contributed by atoms with van der Waals surface area (Å²) in [5, 5.41) is 21.3. The maximum atomic E-state index is 11.0. The first-order chi connectivity index (χ1) is 12.4. The monoisotopic (exact) mass is 364 g/mol. The van der Waals surface area contributed by atoms with Gasteiger partial charge in [0.15, 0.2) is 0 Å². The lowest BCUT2D eigenvalue weighted by molar-refractivity contribution is -0.131. The Kier molecular flexibility index (Phi) is 5.20. The summed E-state index contributed by atoms with van der Waals surface area (Å²) in [4.78, 5) is 0. The van der Waals surface area contributed by atoms with Gasteiger partial charge in [0.1, 0.15) is 0 Å². The molecule has 0 aromatic carbocycles. The summed E-state index contributed by atoms with van der Waals surface area (Å²) in [5.74, 6) is 4.60. The van der Waals surface area contributed by atoms with Crippen molar-refractivity contribution in [2.24, 2.45) is 40.9 Å². The molecule has 4 aliphatic rings. The molecule has 2 N–H and O–H groups in total. The van der Waals surface area contributed by atoms with E-state index in [9.17, 15) is 10.2 Å². The summed E-state index contributed by atoms with van der Waals surface area (Å²) in [5.41, 5.74) is -0.204. The van der Waals surface area contributed by atoms with Crippen LogP contribution in [0.1, 0.15) is 78.6 Å². The molecular formula is C23H40O3. The highest BCUT2D eigenvalue weighted by atomic mass is 16.5. The van der Waals surface area contributed by atoms with E-state index in [1.54, 1.807) is 0 Å². The van der Waals surface area contributed by atoms with Crippen LogP contribution < -0.4 is 0 Å². The van der Waals surface area contributed by atoms with Crippen molar-refractivity contribution in [3.8, 4) is 0 Å². The molecule has 0 saturated heterocycles. The van der Waals surface area contributed by atoms with E-state index in [1.807, 2.05) is 13.8 Å². The molecule has 0 bridgehead atoms. The highest BCUT2D eigenvalue weighted by molar-refractivity contribution is 5.07. The predicted octanol–water partition coefficient (Wildman–Crippen LogP) is 4.40. The standard InChI is InChI=1S/C23H40O3/c1-4-26-14-23(25)12-10-17-16(13-23)5-6-19-18(17)9-11-22(3)20(15(2)24)7-8-21(19)22/h15-21,24-25H,4-14H2,1-3H3/t15?,16-,17+,18-,19-,20?,21?,22-,23-/m1/s1. The maximum Gasteiger partial charge on any atom is 0.0883 e. The van der Waals surface area contributed by atoms with Crippen molar-refractivity contribution in [2.75, 3.05) is 13.2 Å². The van der Waals surface area contributed by atoms with Gasteiger partial charge in [0.25, 0.3) is 0 Å². The smallest absolute Gasteiger partial charge is 0.0883 e. The summed E-state index contributed by atoms with van der Waals surface area (Å²) in [6.45, 7) is 7.75. The number of rotatable bonds is 4. The fraction of sp³-hybridized carbons (Fsp3) is 1.00. The van der Waals surface area contributed by atoms with Gasteiger partial charge < -0.3 is 14.9 Å². The fourth-order valence-corrected chi connectivity index (χ4v) is 8.22. The van der Waals surface area contributed by atoms with Gasteiger partial charge in [0.05, 0.1) is 18.3 Å². The molecule has 9 atom stereocenters. The van der Waals surface area contributed by atoms with Gasteiger partial charge in [0, 0.05) is 6.61 Å². The Balaban J connectivity index is 1.47. The summed E-state index contributed by atoms with van der Waals surface area (Å²) in [6.07, 6.45) is 10.8. The van der Waals surface area contributed by atoms with E-state index in [1.165, 1.54) is 44.9 Å². The van der Waals surface area contributed by atoms with Gasteiger partial charge >= 0.3 is 0 Å². The minimum atomic E-state index is -0.571. The van der Waals surface area contributed by atoms with Crippen molar-refractivity contribution in [2.45, 2.75) is 90.3 Å². The molecule has 0 aromatic rings. The molecule has 0 amide bonds. The van der Waals surface area contributed by atoms with E-state index in [2.05, 4.69) is 6.92 Å². The van der Waals surface area contributed by atoms with Crippen molar-refractivity contribution < 1.29 is 14.9 Å². The Morgan fingerprint density at radius 1 is 1.00 bits per heavy atom. The molecule has 4 fully saturated rings. The Morgan fingerprint density at radius 2 is 1.77 bits per heavy atom. The Morgan fingerprint density at radius 3 is 2.50 bits per heavy atom. The second-order valence-corrected chi connectivity index (χ2v) is 10.5. The van der Waals surface area contributed by atoms with E-state index in [4.69, 9.17) is 4.74 Å². The van der Waals surface area contributed by atoms with Crippen LogP contribution in [0.2, 0.25) is 0 Å². The molecule has 3 nitrogen and oxygen atoms in total. The van der Waals surface area contributed by atoms with E-state index in [0.717, 1.165) is 36.5 Å². The van der Waals surface area contributed by atoms with Crippen molar-refractivity contribution >= 4 is 0 Å². The van der Waals surface area contributed by atoms with Gasteiger partial charge in [-0.3, -0.25) is 0 Å². The van der Waals surface area contributed by atoms with Crippen molar-refractivity contribution in [3.05, 3.63) is 0 Å². The van der Waals surface area contributed by atoms with Crippen LogP contribution in [0.15, 0.2) is 0 Å². The molecule has 3 heteroatoms. The zero-order chi connectivity index (χ0) is 18.5. The molecule has 0 heterocycles. The number of hydrogen-bond acceptors (Lipinski definition) is 3. The zero-order valence-electron chi connectivity index (χ0n) is 17.1. The highest BCUT2D eigenvalue weighted by Gasteiger charge is 2.58. The third-order valence-corrected chi connectivity index (χ3v) is 9.33. The Hall–Kier alpha value is -0.120. The van der Waals surface area contributed by atoms with E-state index in [-0.39, 0.29) is 6.10 Å². The van der Waals surface area contributed by atoms with Crippen LogP contribution >= 0.6 is 0 Å². The third-order valence-electron chi connectivity index (χ3n) is 9.33.